The van der Waals surface area contributed by atoms with Crippen LogP contribution in [0.1, 0.15) is 118 Å². The molecule has 1 saturated carbocycles. The summed E-state index contributed by atoms with van der Waals surface area (Å²) in [5, 5.41) is 3.03. The number of hydrogen-bond donors (Lipinski definition) is 1. The summed E-state index contributed by atoms with van der Waals surface area (Å²) in [5.74, 6) is 0.794. The highest BCUT2D eigenvalue weighted by atomic mass is 16.6. The predicted octanol–water partition coefficient (Wildman–Crippen LogP) is 6.28. The highest BCUT2D eigenvalue weighted by Gasteiger charge is 2.72. The number of hydrogen-bond acceptors (Lipinski definition) is 6. The van der Waals surface area contributed by atoms with Gasteiger partial charge in [0.25, 0.3) is 0 Å². The van der Waals surface area contributed by atoms with Crippen molar-refractivity contribution in [2.75, 3.05) is 20.3 Å². The van der Waals surface area contributed by atoms with Crippen LogP contribution in [0.15, 0.2) is 11.6 Å². The monoisotopic (exact) mass is 549 g/mol. The van der Waals surface area contributed by atoms with E-state index in [9.17, 15) is 9.59 Å². The molecule has 7 nitrogen and oxygen atoms in total. The summed E-state index contributed by atoms with van der Waals surface area (Å²) in [6.45, 7) is 12.3. The van der Waals surface area contributed by atoms with E-state index >= 15 is 0 Å². The summed E-state index contributed by atoms with van der Waals surface area (Å²) in [6, 6.07) is 0. The van der Waals surface area contributed by atoms with Gasteiger partial charge in [-0.25, -0.2) is 0 Å². The molecule has 6 atom stereocenters. The Morgan fingerprint density at radius 2 is 1.74 bits per heavy atom. The van der Waals surface area contributed by atoms with Crippen LogP contribution in [-0.2, 0) is 28.5 Å². The third-order valence-corrected chi connectivity index (χ3v) is 8.84. The Balaban J connectivity index is 1.31. The van der Waals surface area contributed by atoms with Crippen molar-refractivity contribution in [1.82, 2.24) is 5.32 Å². The molecule has 0 radical (unpaired) electrons. The summed E-state index contributed by atoms with van der Waals surface area (Å²) in [6.07, 6.45) is 13.7. The molecule has 0 aromatic rings. The van der Waals surface area contributed by atoms with Gasteiger partial charge in [-0.15, -0.1) is 0 Å². The van der Waals surface area contributed by atoms with Gasteiger partial charge in [-0.1, -0.05) is 57.6 Å². The quantitative estimate of drug-likeness (QED) is 0.0937. The molecular formula is C32H55NO6. The second kappa shape index (κ2) is 15.0. The smallest absolute Gasteiger partial charge is 0.306 e. The van der Waals surface area contributed by atoms with Crippen LogP contribution in [0.25, 0.3) is 0 Å². The first kappa shape index (κ1) is 32.1. The number of carbonyl (C=O) groups excluding carboxylic acids is 2. The number of allylic oxidation sites excluding steroid dienone is 1. The summed E-state index contributed by atoms with van der Waals surface area (Å²) < 4.78 is 24.2. The normalized spacial score (nSPS) is 31.3. The number of rotatable bonds is 18. The molecule has 1 amide bonds. The van der Waals surface area contributed by atoms with Gasteiger partial charge in [0.1, 0.15) is 23.4 Å². The highest BCUT2D eigenvalue weighted by Crippen LogP contribution is 2.59. The molecule has 3 aliphatic rings. The van der Waals surface area contributed by atoms with Gasteiger partial charge in [0.05, 0.1) is 18.6 Å². The van der Waals surface area contributed by atoms with Gasteiger partial charge < -0.3 is 24.3 Å². The molecule has 7 heteroatoms. The Hall–Kier alpha value is -1.44. The minimum Gasteiger partial charge on any atom is -0.460 e. The van der Waals surface area contributed by atoms with Crippen molar-refractivity contribution < 1.29 is 28.5 Å². The minimum atomic E-state index is -0.318. The van der Waals surface area contributed by atoms with Crippen LogP contribution in [0, 0.1) is 11.8 Å². The molecule has 0 bridgehead atoms. The van der Waals surface area contributed by atoms with E-state index in [1.807, 2.05) is 0 Å². The zero-order valence-corrected chi connectivity index (χ0v) is 25.5. The molecule has 2 heterocycles. The van der Waals surface area contributed by atoms with Gasteiger partial charge >= 0.3 is 5.97 Å². The Kier molecular flexibility index (Phi) is 12.3. The standard InChI is InChI=1S/C32H55NO6/c1-23(2)14-11-12-15-27(34)33-21-13-9-7-8-10-16-28(35)38-25-19-20-32(22-37-32)30(29(25)36-6)31(5)26(39-31)18-17-24(3)4/h17,23,25-26,29-30H,7-16,18-22H2,1-6H3,(H,33,34)/t25?,26-,29?,30?,31?,32+/m1/s1. The third kappa shape index (κ3) is 9.57. The van der Waals surface area contributed by atoms with E-state index in [2.05, 4.69) is 46.0 Å². The van der Waals surface area contributed by atoms with Crippen LogP contribution in [0.4, 0.5) is 0 Å². The lowest BCUT2D eigenvalue weighted by Crippen LogP contribution is -2.55. The van der Waals surface area contributed by atoms with Crippen LogP contribution in [0.2, 0.25) is 0 Å². The van der Waals surface area contributed by atoms with E-state index in [1.54, 1.807) is 7.11 Å². The number of epoxide rings is 2. The fourth-order valence-corrected chi connectivity index (χ4v) is 6.38. The fourth-order valence-electron chi connectivity index (χ4n) is 6.38. The van der Waals surface area contributed by atoms with Crippen LogP contribution in [0.5, 0.6) is 0 Å². The summed E-state index contributed by atoms with van der Waals surface area (Å²) in [5.41, 5.74) is 0.769. The second-order valence-electron chi connectivity index (χ2n) is 12.9. The van der Waals surface area contributed by atoms with Gasteiger partial charge in [0, 0.05) is 26.5 Å². The average Bonchev–Trinajstić information content (AvgIpc) is 3.80. The van der Waals surface area contributed by atoms with E-state index < -0.39 is 0 Å². The van der Waals surface area contributed by atoms with E-state index in [-0.39, 0.29) is 47.3 Å². The maximum absolute atomic E-state index is 12.7. The van der Waals surface area contributed by atoms with Crippen molar-refractivity contribution >= 4 is 11.9 Å². The lowest BCUT2D eigenvalue weighted by atomic mass is 9.68. The summed E-state index contributed by atoms with van der Waals surface area (Å²) in [7, 11) is 1.71. The molecule has 0 aromatic heterocycles. The molecular weight excluding hydrogens is 494 g/mol. The average molecular weight is 550 g/mol. The topological polar surface area (TPSA) is 89.7 Å². The maximum atomic E-state index is 12.7. The second-order valence-corrected chi connectivity index (χ2v) is 12.9. The van der Waals surface area contributed by atoms with Gasteiger partial charge in [-0.2, -0.15) is 0 Å². The number of esters is 1. The van der Waals surface area contributed by atoms with Gasteiger partial charge in [-0.05, 0) is 65.2 Å². The zero-order valence-electron chi connectivity index (χ0n) is 25.5. The SMILES string of the molecule is COC1C(OC(=O)CCCCCCCNC(=O)CCCCC(C)C)CC[C@]2(CO2)C1C1(C)O[C@@H]1CC=C(C)C. The predicted molar refractivity (Wildman–Crippen MR) is 153 cm³/mol. The summed E-state index contributed by atoms with van der Waals surface area (Å²) in [4.78, 5) is 24.6. The number of unbranched alkanes of at least 4 members (excludes halogenated alkanes) is 5. The molecule has 1 spiro atoms. The molecule has 0 aromatic carbocycles. The summed E-state index contributed by atoms with van der Waals surface area (Å²) >= 11 is 0. The molecule has 3 rings (SSSR count). The minimum absolute atomic E-state index is 0.0534. The van der Waals surface area contributed by atoms with Crippen LogP contribution >= 0.6 is 0 Å². The molecule has 2 saturated heterocycles. The zero-order chi connectivity index (χ0) is 28.5. The lowest BCUT2D eigenvalue weighted by Gasteiger charge is -2.42. The Bertz CT molecular complexity index is 817. The maximum Gasteiger partial charge on any atom is 0.306 e. The van der Waals surface area contributed by atoms with Crippen molar-refractivity contribution in [2.45, 2.75) is 148 Å². The van der Waals surface area contributed by atoms with E-state index in [4.69, 9.17) is 18.9 Å². The van der Waals surface area contributed by atoms with Crippen LogP contribution < -0.4 is 5.32 Å². The lowest BCUT2D eigenvalue weighted by molar-refractivity contribution is -0.172. The fraction of sp³-hybridized carbons (Fsp3) is 0.875. The highest BCUT2D eigenvalue weighted by molar-refractivity contribution is 5.75. The Labute approximate surface area is 237 Å². The largest absolute Gasteiger partial charge is 0.460 e. The first-order valence-electron chi connectivity index (χ1n) is 15.6. The van der Waals surface area contributed by atoms with Crippen molar-refractivity contribution in [3.05, 3.63) is 11.6 Å². The third-order valence-electron chi connectivity index (χ3n) is 8.84. The molecule has 224 valence electrons. The van der Waals surface area contributed by atoms with Gasteiger partial charge in [0.15, 0.2) is 0 Å². The van der Waals surface area contributed by atoms with Gasteiger partial charge in [-0.3, -0.25) is 9.59 Å². The van der Waals surface area contributed by atoms with Crippen molar-refractivity contribution in [3.8, 4) is 0 Å². The Morgan fingerprint density at radius 3 is 2.41 bits per heavy atom. The van der Waals surface area contributed by atoms with E-state index in [1.165, 1.54) is 12.0 Å². The van der Waals surface area contributed by atoms with E-state index in [0.29, 0.717) is 18.8 Å². The number of nitrogens with one attached hydrogen (secondary N) is 1. The molecule has 1 N–H and O–H groups in total. The molecule has 2 aliphatic heterocycles. The number of carbonyl (C=O) groups is 2. The number of ether oxygens (including phenoxy) is 4. The van der Waals surface area contributed by atoms with Crippen LogP contribution in [0.3, 0.4) is 0 Å². The van der Waals surface area contributed by atoms with Crippen molar-refractivity contribution in [2.24, 2.45) is 11.8 Å². The van der Waals surface area contributed by atoms with Crippen LogP contribution in [-0.4, -0.2) is 61.7 Å². The first-order valence-corrected chi connectivity index (χ1v) is 15.6. The number of methoxy groups -OCH3 is 1. The Morgan fingerprint density at radius 1 is 1.05 bits per heavy atom. The molecule has 3 fully saturated rings. The van der Waals surface area contributed by atoms with Gasteiger partial charge in [0.2, 0.25) is 5.91 Å². The molecule has 4 unspecified atom stereocenters. The van der Waals surface area contributed by atoms with E-state index in [0.717, 1.165) is 77.4 Å². The first-order chi connectivity index (χ1) is 18.6. The van der Waals surface area contributed by atoms with Crippen molar-refractivity contribution in [1.29, 1.82) is 0 Å². The number of amides is 1. The molecule has 39 heavy (non-hydrogen) atoms. The molecule has 1 aliphatic carbocycles. The van der Waals surface area contributed by atoms with Crippen molar-refractivity contribution in [3.63, 3.8) is 0 Å².